The highest BCUT2D eigenvalue weighted by Gasteiger charge is 1.91. The number of rotatable bonds is 4. The summed E-state index contributed by atoms with van der Waals surface area (Å²) in [6, 6.07) is 0. The zero-order chi connectivity index (χ0) is 7.11. The van der Waals surface area contributed by atoms with Crippen molar-refractivity contribution in [2.45, 2.75) is 13.3 Å². The van der Waals surface area contributed by atoms with E-state index in [1.807, 2.05) is 0 Å². The maximum Gasteiger partial charge on any atom is 0.266 e. The molecule has 0 saturated carbocycles. The van der Waals surface area contributed by atoms with Gasteiger partial charge in [-0.25, -0.2) is 4.84 Å². The van der Waals surface area contributed by atoms with E-state index in [1.54, 1.807) is 0 Å². The molecule has 0 aromatic rings. The summed E-state index contributed by atoms with van der Waals surface area (Å²) >= 11 is 0. The van der Waals surface area contributed by atoms with Crippen molar-refractivity contribution < 1.29 is 14.7 Å². The number of carbonyl (C=O) groups excluding carboxylic acids is 1. The van der Waals surface area contributed by atoms with Crippen LogP contribution in [0, 0.1) is 0 Å². The van der Waals surface area contributed by atoms with Gasteiger partial charge in [-0.3, -0.25) is 4.79 Å². The first-order chi connectivity index (χ1) is 4.27. The predicted molar refractivity (Wildman–Crippen MR) is 30.5 cm³/mol. The van der Waals surface area contributed by atoms with Crippen molar-refractivity contribution in [3.05, 3.63) is 0 Å². The molecule has 0 aromatic heterocycles. The van der Waals surface area contributed by atoms with Gasteiger partial charge in [-0.05, 0) is 6.42 Å². The molecular formula is C5H10NO3. The van der Waals surface area contributed by atoms with Gasteiger partial charge in [-0.1, -0.05) is 5.48 Å². The fourth-order valence-corrected chi connectivity index (χ4v) is 0.266. The second kappa shape index (κ2) is 5.53. The SMILES string of the molecule is CC(=O)[N]OCCCO. The summed E-state index contributed by atoms with van der Waals surface area (Å²) in [6.45, 7) is 1.67. The molecule has 0 spiro atoms. The highest BCUT2D eigenvalue weighted by Crippen LogP contribution is 1.77. The second-order valence-electron chi connectivity index (χ2n) is 1.52. The topological polar surface area (TPSA) is 60.6 Å². The average Bonchev–Trinajstić information content (AvgIpc) is 1.80. The monoisotopic (exact) mass is 132 g/mol. The van der Waals surface area contributed by atoms with Crippen molar-refractivity contribution in [2.75, 3.05) is 13.2 Å². The van der Waals surface area contributed by atoms with Crippen LogP contribution in [-0.2, 0) is 9.63 Å². The van der Waals surface area contributed by atoms with E-state index in [0.717, 1.165) is 0 Å². The number of aliphatic hydroxyl groups excluding tert-OH is 1. The maximum absolute atomic E-state index is 10.1. The molecule has 0 aliphatic rings. The minimum atomic E-state index is -0.354. The summed E-state index contributed by atoms with van der Waals surface area (Å²) < 4.78 is 0. The molecule has 4 heteroatoms. The molecule has 0 aromatic carbocycles. The van der Waals surface area contributed by atoms with Gasteiger partial charge in [0.15, 0.2) is 0 Å². The lowest BCUT2D eigenvalue weighted by Crippen LogP contribution is -2.13. The minimum absolute atomic E-state index is 0.0629. The van der Waals surface area contributed by atoms with Crippen LogP contribution >= 0.6 is 0 Å². The summed E-state index contributed by atoms with van der Waals surface area (Å²) in [5, 5.41) is 8.22. The third kappa shape index (κ3) is 7.39. The van der Waals surface area contributed by atoms with Crippen molar-refractivity contribution in [3.63, 3.8) is 0 Å². The maximum atomic E-state index is 10.1. The lowest BCUT2D eigenvalue weighted by Gasteiger charge is -1.95. The molecule has 0 unspecified atom stereocenters. The average molecular weight is 132 g/mol. The Hall–Kier alpha value is -0.610. The smallest absolute Gasteiger partial charge is 0.266 e. The molecule has 0 fully saturated rings. The van der Waals surface area contributed by atoms with E-state index in [1.165, 1.54) is 6.92 Å². The Labute approximate surface area is 53.8 Å². The molecule has 1 amide bonds. The third-order valence-corrected chi connectivity index (χ3v) is 0.587. The quantitative estimate of drug-likeness (QED) is 0.412. The molecule has 0 aliphatic carbocycles. The highest BCUT2D eigenvalue weighted by molar-refractivity contribution is 5.71. The van der Waals surface area contributed by atoms with Crippen LogP contribution in [0.15, 0.2) is 0 Å². The summed E-state index contributed by atoms with van der Waals surface area (Å²) in [5.74, 6) is -0.354. The zero-order valence-corrected chi connectivity index (χ0v) is 5.33. The molecule has 9 heavy (non-hydrogen) atoms. The van der Waals surface area contributed by atoms with Gasteiger partial charge in [-0.2, -0.15) is 0 Å². The number of carbonyl (C=O) groups is 1. The van der Waals surface area contributed by atoms with Crippen molar-refractivity contribution >= 4 is 5.91 Å². The number of nitrogens with zero attached hydrogens (tertiary/aromatic N) is 1. The van der Waals surface area contributed by atoms with Crippen LogP contribution < -0.4 is 5.48 Å². The molecule has 0 heterocycles. The Morgan fingerprint density at radius 1 is 1.78 bits per heavy atom. The van der Waals surface area contributed by atoms with Gasteiger partial charge >= 0.3 is 0 Å². The van der Waals surface area contributed by atoms with Gasteiger partial charge in [-0.15, -0.1) is 0 Å². The van der Waals surface area contributed by atoms with Crippen LogP contribution in [0.4, 0.5) is 0 Å². The van der Waals surface area contributed by atoms with Gasteiger partial charge in [0, 0.05) is 13.5 Å². The second-order valence-corrected chi connectivity index (χ2v) is 1.52. The Kier molecular flexibility index (Phi) is 5.15. The van der Waals surface area contributed by atoms with E-state index >= 15 is 0 Å². The minimum Gasteiger partial charge on any atom is -0.396 e. The van der Waals surface area contributed by atoms with Crippen molar-refractivity contribution in [3.8, 4) is 0 Å². The lowest BCUT2D eigenvalue weighted by atomic mass is 10.5. The highest BCUT2D eigenvalue weighted by atomic mass is 16.6. The number of amides is 1. The third-order valence-electron chi connectivity index (χ3n) is 0.587. The van der Waals surface area contributed by atoms with Crippen LogP contribution in [0.1, 0.15) is 13.3 Å². The normalized spacial score (nSPS) is 9.11. The molecule has 0 saturated heterocycles. The van der Waals surface area contributed by atoms with E-state index < -0.39 is 0 Å². The Morgan fingerprint density at radius 2 is 2.44 bits per heavy atom. The standard InChI is InChI=1S/C5H10NO3/c1-5(8)6-9-4-2-3-7/h7H,2-4H2,1H3. The fraction of sp³-hybridized carbons (Fsp3) is 0.800. The van der Waals surface area contributed by atoms with Crippen LogP contribution in [0.5, 0.6) is 0 Å². The van der Waals surface area contributed by atoms with Gasteiger partial charge < -0.3 is 5.11 Å². The summed E-state index contributed by atoms with van der Waals surface area (Å²) in [4.78, 5) is 14.5. The van der Waals surface area contributed by atoms with E-state index in [-0.39, 0.29) is 12.5 Å². The van der Waals surface area contributed by atoms with Crippen LogP contribution in [0.2, 0.25) is 0 Å². The van der Waals surface area contributed by atoms with Crippen LogP contribution in [0.25, 0.3) is 0 Å². The number of hydrogen-bond donors (Lipinski definition) is 1. The van der Waals surface area contributed by atoms with Crippen molar-refractivity contribution in [2.24, 2.45) is 0 Å². The van der Waals surface area contributed by atoms with Crippen LogP contribution in [0.3, 0.4) is 0 Å². The van der Waals surface area contributed by atoms with Gasteiger partial charge in [0.05, 0.1) is 6.61 Å². The predicted octanol–water partition coefficient (Wildman–Crippen LogP) is -0.549. The van der Waals surface area contributed by atoms with E-state index in [2.05, 4.69) is 10.3 Å². The molecule has 1 N–H and O–H groups in total. The molecule has 4 nitrogen and oxygen atoms in total. The van der Waals surface area contributed by atoms with Crippen molar-refractivity contribution in [1.29, 1.82) is 0 Å². The van der Waals surface area contributed by atoms with Gasteiger partial charge in [0.1, 0.15) is 0 Å². The van der Waals surface area contributed by atoms with E-state index in [4.69, 9.17) is 5.11 Å². The molecule has 0 atom stereocenters. The zero-order valence-electron chi connectivity index (χ0n) is 5.33. The summed E-state index contributed by atoms with van der Waals surface area (Å²) in [6.07, 6.45) is 0.511. The van der Waals surface area contributed by atoms with Crippen molar-refractivity contribution in [1.82, 2.24) is 5.48 Å². The number of aliphatic hydroxyl groups is 1. The first kappa shape index (κ1) is 8.39. The lowest BCUT2D eigenvalue weighted by molar-refractivity contribution is -0.132. The first-order valence-corrected chi connectivity index (χ1v) is 2.72. The van der Waals surface area contributed by atoms with Gasteiger partial charge in [0.2, 0.25) is 0 Å². The van der Waals surface area contributed by atoms with Gasteiger partial charge in [0.25, 0.3) is 5.91 Å². The van der Waals surface area contributed by atoms with E-state index in [9.17, 15) is 4.79 Å². The van der Waals surface area contributed by atoms with Crippen LogP contribution in [-0.4, -0.2) is 24.2 Å². The molecule has 0 bridgehead atoms. The largest absolute Gasteiger partial charge is 0.396 e. The van der Waals surface area contributed by atoms with E-state index in [0.29, 0.717) is 13.0 Å². The Bertz CT molecular complexity index is 84.3. The summed E-state index contributed by atoms with van der Waals surface area (Å²) in [7, 11) is 0. The summed E-state index contributed by atoms with van der Waals surface area (Å²) in [5.41, 5.74) is 3.11. The molecular weight excluding hydrogens is 122 g/mol. The molecule has 53 valence electrons. The Morgan fingerprint density at radius 3 is 2.89 bits per heavy atom. The number of hydroxylamine groups is 1. The molecule has 1 radical (unpaired) electrons. The first-order valence-electron chi connectivity index (χ1n) is 2.72. The number of hydrogen-bond acceptors (Lipinski definition) is 3. The molecule has 0 rings (SSSR count). The Balaban J connectivity index is 2.83. The molecule has 0 aliphatic heterocycles. The fourth-order valence-electron chi connectivity index (χ4n) is 0.266.